The van der Waals surface area contributed by atoms with Crippen molar-refractivity contribution < 1.29 is 9.90 Å². The molecule has 1 N–H and O–H groups in total. The summed E-state index contributed by atoms with van der Waals surface area (Å²) in [5, 5.41) is 10.9. The third-order valence-electron chi connectivity index (χ3n) is 5.39. The first-order valence-electron chi connectivity index (χ1n) is 8.60. The number of carbonyl (C=O) groups is 1. The number of benzene rings is 1. The summed E-state index contributed by atoms with van der Waals surface area (Å²) in [7, 11) is 1.35. The van der Waals surface area contributed by atoms with Crippen molar-refractivity contribution in [2.75, 3.05) is 6.54 Å². The number of hydrogen-bond donors (Lipinski definition) is 1. The van der Waals surface area contributed by atoms with E-state index < -0.39 is 22.9 Å². The van der Waals surface area contributed by atoms with Gasteiger partial charge < -0.3 is 10.0 Å². The lowest BCUT2D eigenvalue weighted by Gasteiger charge is -2.49. The van der Waals surface area contributed by atoms with E-state index in [2.05, 4.69) is 0 Å². The molecule has 136 valence electrons. The molecule has 0 bridgehead atoms. The molecule has 8 nitrogen and oxygen atoms in total. The van der Waals surface area contributed by atoms with Crippen LogP contribution in [0.3, 0.4) is 0 Å². The van der Waals surface area contributed by atoms with Gasteiger partial charge in [-0.25, -0.2) is 14.2 Å². The molecule has 0 aliphatic carbocycles. The van der Waals surface area contributed by atoms with E-state index in [9.17, 15) is 19.5 Å². The Hall–Kier alpha value is -3.03. The summed E-state index contributed by atoms with van der Waals surface area (Å²) in [6, 6.07) is 8.74. The van der Waals surface area contributed by atoms with Crippen molar-refractivity contribution in [2.45, 2.75) is 31.8 Å². The Kier molecular flexibility index (Phi) is 3.47. The summed E-state index contributed by atoms with van der Waals surface area (Å²) in [5.41, 5.74) is -1.57. The predicted octanol–water partition coefficient (Wildman–Crippen LogP) is 1.09. The molecular weight excluding hydrogens is 336 g/mol. The largest absolute Gasteiger partial charge is 0.505 e. The van der Waals surface area contributed by atoms with Gasteiger partial charge in [0.2, 0.25) is 0 Å². The van der Waals surface area contributed by atoms with E-state index in [4.69, 9.17) is 0 Å². The standard InChI is InChI=1S/C18H20N4O4/c1-18-10-6-7-11-20(18)13(14(23)12-8-4-3-5-9-12)15(24)21-16(25)19(2)17(26)22(18)21/h3-5,8-9,23H,6-7,10-11H2,1-2H3/b14-13-. The molecule has 3 heterocycles. The number of piperidine rings is 1. The number of aromatic nitrogens is 3. The van der Waals surface area contributed by atoms with Crippen LogP contribution < -0.4 is 11.4 Å². The third kappa shape index (κ3) is 1.98. The van der Waals surface area contributed by atoms with E-state index in [1.807, 2.05) is 13.0 Å². The minimum atomic E-state index is -0.887. The lowest BCUT2D eigenvalue weighted by molar-refractivity contribution is -0.0172. The summed E-state index contributed by atoms with van der Waals surface area (Å²) < 4.78 is 3.02. The Labute approximate surface area is 149 Å². The maximum absolute atomic E-state index is 13.1. The number of allylic oxidation sites excluding steroid dienone is 1. The molecule has 2 aromatic rings. The minimum Gasteiger partial charge on any atom is -0.505 e. The van der Waals surface area contributed by atoms with Gasteiger partial charge in [0.25, 0.3) is 0 Å². The smallest absolute Gasteiger partial charge is 0.354 e. The second-order valence-corrected chi connectivity index (χ2v) is 6.94. The van der Waals surface area contributed by atoms with Crippen molar-refractivity contribution in [1.82, 2.24) is 18.8 Å². The maximum atomic E-state index is 13.1. The normalized spacial score (nSPS) is 24.2. The van der Waals surface area contributed by atoms with Gasteiger partial charge in [-0.3, -0.25) is 4.79 Å². The molecule has 1 unspecified atom stereocenters. The summed E-state index contributed by atoms with van der Waals surface area (Å²) >= 11 is 0. The van der Waals surface area contributed by atoms with E-state index >= 15 is 0 Å². The zero-order valence-electron chi connectivity index (χ0n) is 14.7. The zero-order chi connectivity index (χ0) is 18.6. The molecule has 2 aliphatic rings. The summed E-state index contributed by atoms with van der Waals surface area (Å²) in [5.74, 6) is -0.869. The molecule has 0 spiro atoms. The van der Waals surface area contributed by atoms with Crippen LogP contribution >= 0.6 is 0 Å². The molecular formula is C18H20N4O4. The van der Waals surface area contributed by atoms with Gasteiger partial charge in [0.15, 0.2) is 5.76 Å². The highest BCUT2D eigenvalue weighted by molar-refractivity contribution is 6.00. The molecule has 1 saturated heterocycles. The fraction of sp³-hybridized carbons (Fsp3) is 0.389. The molecule has 1 aromatic carbocycles. The first-order valence-corrected chi connectivity index (χ1v) is 8.60. The average molecular weight is 356 g/mol. The SMILES string of the molecule is Cn1c(=O)n2n(c1=O)C1(C)CCCCN1/C(=C(\O)c1ccccc1)C2=O. The Morgan fingerprint density at radius 2 is 1.77 bits per heavy atom. The van der Waals surface area contributed by atoms with Gasteiger partial charge in [0.05, 0.1) is 0 Å². The molecule has 4 rings (SSSR count). The van der Waals surface area contributed by atoms with E-state index in [1.165, 1.54) is 11.7 Å². The van der Waals surface area contributed by atoms with Gasteiger partial charge in [-0.1, -0.05) is 30.3 Å². The fourth-order valence-electron chi connectivity index (χ4n) is 3.99. The quantitative estimate of drug-likeness (QED) is 0.610. The Balaban J connectivity index is 2.07. The third-order valence-corrected chi connectivity index (χ3v) is 5.39. The van der Waals surface area contributed by atoms with Crippen LogP contribution in [0.25, 0.3) is 5.76 Å². The van der Waals surface area contributed by atoms with Crippen molar-refractivity contribution in [2.24, 2.45) is 7.05 Å². The van der Waals surface area contributed by atoms with Crippen molar-refractivity contribution in [3.63, 3.8) is 0 Å². The van der Waals surface area contributed by atoms with E-state index in [0.29, 0.717) is 18.5 Å². The second-order valence-electron chi connectivity index (χ2n) is 6.94. The second kappa shape index (κ2) is 5.48. The Bertz CT molecular complexity index is 1040. The molecule has 0 radical (unpaired) electrons. The maximum Gasteiger partial charge on any atom is 0.354 e. The molecule has 1 aromatic heterocycles. The molecule has 1 atom stereocenters. The zero-order valence-corrected chi connectivity index (χ0v) is 14.7. The van der Waals surface area contributed by atoms with Gasteiger partial charge in [-0.05, 0) is 26.2 Å². The van der Waals surface area contributed by atoms with Crippen LogP contribution in [0.15, 0.2) is 45.6 Å². The Morgan fingerprint density at radius 1 is 1.08 bits per heavy atom. The summed E-state index contributed by atoms with van der Waals surface area (Å²) in [4.78, 5) is 40.1. The van der Waals surface area contributed by atoms with Crippen LogP contribution in [-0.4, -0.2) is 36.4 Å². The number of hydrogen-bond acceptors (Lipinski definition) is 5. The van der Waals surface area contributed by atoms with Crippen molar-refractivity contribution >= 4 is 11.7 Å². The van der Waals surface area contributed by atoms with Gasteiger partial charge in [0, 0.05) is 19.2 Å². The van der Waals surface area contributed by atoms with Crippen molar-refractivity contribution in [1.29, 1.82) is 0 Å². The minimum absolute atomic E-state index is 0.0612. The number of rotatable bonds is 1. The first kappa shape index (κ1) is 16.4. The topological polar surface area (TPSA) is 89.5 Å². The van der Waals surface area contributed by atoms with Crippen LogP contribution in [0.5, 0.6) is 0 Å². The monoisotopic (exact) mass is 356 g/mol. The number of aliphatic hydroxyl groups excluding tert-OH is 1. The van der Waals surface area contributed by atoms with Crippen molar-refractivity contribution in [3.8, 4) is 0 Å². The van der Waals surface area contributed by atoms with Crippen LogP contribution in [0.4, 0.5) is 0 Å². The first-order chi connectivity index (χ1) is 12.4. The number of carbonyl (C=O) groups excluding carboxylic acids is 1. The molecule has 26 heavy (non-hydrogen) atoms. The average Bonchev–Trinajstić information content (AvgIpc) is 2.88. The van der Waals surface area contributed by atoms with Gasteiger partial charge >= 0.3 is 17.3 Å². The van der Waals surface area contributed by atoms with E-state index in [0.717, 1.165) is 22.1 Å². The molecule has 0 saturated carbocycles. The van der Waals surface area contributed by atoms with Gasteiger partial charge in [-0.15, -0.1) is 0 Å². The van der Waals surface area contributed by atoms with E-state index in [-0.39, 0.29) is 11.5 Å². The highest BCUT2D eigenvalue weighted by Gasteiger charge is 2.49. The van der Waals surface area contributed by atoms with Gasteiger partial charge in [0.1, 0.15) is 11.4 Å². The lowest BCUT2D eigenvalue weighted by atomic mass is 9.94. The highest BCUT2D eigenvalue weighted by Crippen LogP contribution is 2.39. The summed E-state index contributed by atoms with van der Waals surface area (Å²) in [6.45, 7) is 2.35. The molecule has 8 heteroatoms. The highest BCUT2D eigenvalue weighted by atomic mass is 16.3. The van der Waals surface area contributed by atoms with Gasteiger partial charge in [-0.2, -0.15) is 9.36 Å². The van der Waals surface area contributed by atoms with Crippen LogP contribution in [0.2, 0.25) is 0 Å². The summed E-state index contributed by atoms with van der Waals surface area (Å²) in [6.07, 6.45) is 2.28. The van der Waals surface area contributed by atoms with Crippen LogP contribution in [0, 0.1) is 0 Å². The lowest BCUT2D eigenvalue weighted by Crippen LogP contribution is -2.62. The predicted molar refractivity (Wildman–Crippen MR) is 94.8 cm³/mol. The molecule has 1 fully saturated rings. The number of fused-ring (bicyclic) bond motifs is 3. The van der Waals surface area contributed by atoms with Crippen LogP contribution in [-0.2, 0) is 12.7 Å². The molecule has 0 amide bonds. The Morgan fingerprint density at radius 3 is 2.46 bits per heavy atom. The van der Waals surface area contributed by atoms with Crippen LogP contribution in [0.1, 0.15) is 36.5 Å². The fourth-order valence-corrected chi connectivity index (χ4v) is 3.99. The number of nitrogens with zero attached hydrogens (tertiary/aromatic N) is 4. The van der Waals surface area contributed by atoms with E-state index in [1.54, 1.807) is 29.2 Å². The molecule has 2 aliphatic heterocycles. The number of aliphatic hydroxyl groups is 1. The van der Waals surface area contributed by atoms with Crippen molar-refractivity contribution in [3.05, 3.63) is 62.6 Å².